The minimum absolute atomic E-state index is 0.400. The number of alkyl halides is 3. The van der Waals surface area contributed by atoms with Gasteiger partial charge in [-0.05, 0) is 43.3 Å². The lowest BCUT2D eigenvalue weighted by Crippen LogP contribution is -2.47. The molecule has 0 saturated heterocycles. The molecule has 1 amide bonds. The van der Waals surface area contributed by atoms with Crippen LogP contribution in [0.3, 0.4) is 0 Å². The number of hydrogen-bond donors (Lipinski definition) is 1. The molecule has 1 N–H and O–H groups in total. The minimum atomic E-state index is -1.85. The van der Waals surface area contributed by atoms with Crippen LogP contribution in [0.15, 0.2) is 48.5 Å². The summed E-state index contributed by atoms with van der Waals surface area (Å²) in [6, 6.07) is 13.8. The summed E-state index contributed by atoms with van der Waals surface area (Å²) in [5.41, 5.74) is 1.40. The third-order valence-electron chi connectivity index (χ3n) is 3.15. The molecule has 0 radical (unpaired) electrons. The van der Waals surface area contributed by atoms with Crippen molar-refractivity contribution >= 4 is 40.7 Å². The Kier molecular flexibility index (Phi) is 6.21. The maximum Gasteiger partial charge on any atom is 0.254 e. The number of rotatable bonds is 5. The zero-order valence-corrected chi connectivity index (χ0v) is 15.3. The van der Waals surface area contributed by atoms with E-state index in [1.807, 2.05) is 13.0 Å². The Morgan fingerprint density at radius 3 is 2.25 bits per heavy atom. The number of ether oxygens (including phenoxy) is 2. The normalized spacial score (nSPS) is 12.4. The summed E-state index contributed by atoms with van der Waals surface area (Å²) in [5.74, 6) is 0.691. The van der Waals surface area contributed by atoms with Crippen molar-refractivity contribution in [2.45, 2.75) is 16.9 Å². The molecule has 0 aromatic heterocycles. The molecule has 0 spiro atoms. The van der Waals surface area contributed by atoms with Crippen molar-refractivity contribution in [3.63, 3.8) is 0 Å². The topological polar surface area (TPSA) is 47.6 Å². The number of amides is 1. The second kappa shape index (κ2) is 7.97. The first kappa shape index (κ1) is 18.7. The van der Waals surface area contributed by atoms with E-state index in [0.717, 1.165) is 5.56 Å². The molecule has 0 aliphatic carbocycles. The second-order valence-corrected chi connectivity index (χ2v) is 7.43. The minimum Gasteiger partial charge on any atom is -0.497 e. The predicted molar refractivity (Wildman–Crippen MR) is 96.3 cm³/mol. The van der Waals surface area contributed by atoms with Crippen molar-refractivity contribution in [3.05, 3.63) is 59.7 Å². The van der Waals surface area contributed by atoms with Gasteiger partial charge in [-0.15, -0.1) is 0 Å². The van der Waals surface area contributed by atoms with Crippen LogP contribution in [0, 0.1) is 6.92 Å². The van der Waals surface area contributed by atoms with E-state index in [9.17, 15) is 4.79 Å². The first-order valence-electron chi connectivity index (χ1n) is 7.04. The van der Waals surface area contributed by atoms with Crippen LogP contribution in [-0.4, -0.2) is 23.0 Å². The predicted octanol–water partition coefficient (Wildman–Crippen LogP) is 4.51. The molecule has 0 saturated carbocycles. The highest BCUT2D eigenvalue weighted by molar-refractivity contribution is 6.68. The molecule has 0 fully saturated rings. The molecule has 2 rings (SSSR count). The van der Waals surface area contributed by atoms with Gasteiger partial charge in [-0.3, -0.25) is 4.79 Å². The highest BCUT2D eigenvalue weighted by Crippen LogP contribution is 2.32. The van der Waals surface area contributed by atoms with Gasteiger partial charge in [-0.25, -0.2) is 0 Å². The van der Waals surface area contributed by atoms with Gasteiger partial charge in [0.15, 0.2) is 0 Å². The molecule has 24 heavy (non-hydrogen) atoms. The van der Waals surface area contributed by atoms with Crippen LogP contribution in [0.1, 0.15) is 15.9 Å². The number of hydrogen-bond acceptors (Lipinski definition) is 3. The Morgan fingerprint density at radius 1 is 1.08 bits per heavy atom. The molecule has 4 nitrogen and oxygen atoms in total. The molecule has 7 heteroatoms. The van der Waals surface area contributed by atoms with Crippen LogP contribution in [0.25, 0.3) is 0 Å². The van der Waals surface area contributed by atoms with Gasteiger partial charge in [0.25, 0.3) is 5.91 Å². The Morgan fingerprint density at radius 2 is 1.71 bits per heavy atom. The van der Waals surface area contributed by atoms with Crippen molar-refractivity contribution in [3.8, 4) is 11.5 Å². The number of carbonyl (C=O) groups is 1. The maximum absolute atomic E-state index is 12.4. The summed E-state index contributed by atoms with van der Waals surface area (Å²) in [5, 5.41) is 2.59. The van der Waals surface area contributed by atoms with Crippen molar-refractivity contribution in [2.75, 3.05) is 7.11 Å². The quantitative estimate of drug-likeness (QED) is 0.605. The fourth-order valence-corrected chi connectivity index (χ4v) is 2.25. The summed E-state index contributed by atoms with van der Waals surface area (Å²) in [7, 11) is 1.56. The summed E-state index contributed by atoms with van der Waals surface area (Å²) in [6.45, 7) is 1.89. The van der Waals surface area contributed by atoms with Gasteiger partial charge in [-0.2, -0.15) is 0 Å². The van der Waals surface area contributed by atoms with Crippen LogP contribution < -0.4 is 14.8 Å². The van der Waals surface area contributed by atoms with Crippen LogP contribution in [0.5, 0.6) is 11.5 Å². The SMILES string of the molecule is COc1ccc(OC(NC(=O)c2cccc(C)c2)C(Cl)(Cl)Cl)cc1. The smallest absolute Gasteiger partial charge is 0.254 e. The number of halogens is 3. The molecule has 128 valence electrons. The summed E-state index contributed by atoms with van der Waals surface area (Å²) in [6.07, 6.45) is -1.16. The van der Waals surface area contributed by atoms with Gasteiger partial charge >= 0.3 is 0 Å². The van der Waals surface area contributed by atoms with Gasteiger partial charge in [0.1, 0.15) is 11.5 Å². The number of benzene rings is 2. The second-order valence-electron chi connectivity index (χ2n) is 5.06. The zero-order chi connectivity index (χ0) is 17.7. The number of nitrogens with one attached hydrogen (secondary N) is 1. The van der Waals surface area contributed by atoms with Crippen LogP contribution >= 0.6 is 34.8 Å². The van der Waals surface area contributed by atoms with E-state index < -0.39 is 15.9 Å². The van der Waals surface area contributed by atoms with Gasteiger partial charge in [0, 0.05) is 5.56 Å². The molecular formula is C17H16Cl3NO3. The highest BCUT2D eigenvalue weighted by atomic mass is 35.6. The fourth-order valence-electron chi connectivity index (χ4n) is 1.96. The van der Waals surface area contributed by atoms with Gasteiger partial charge < -0.3 is 14.8 Å². The molecule has 1 unspecified atom stereocenters. The molecule has 0 bridgehead atoms. The van der Waals surface area contributed by atoms with E-state index in [-0.39, 0.29) is 0 Å². The van der Waals surface area contributed by atoms with E-state index in [1.54, 1.807) is 49.6 Å². The molecule has 2 aromatic carbocycles. The average Bonchev–Trinajstić information content (AvgIpc) is 2.54. The van der Waals surface area contributed by atoms with Crippen molar-refractivity contribution in [2.24, 2.45) is 0 Å². The number of carbonyl (C=O) groups excluding carboxylic acids is 1. The number of methoxy groups -OCH3 is 1. The molecule has 2 aromatic rings. The van der Waals surface area contributed by atoms with Crippen molar-refractivity contribution in [1.29, 1.82) is 0 Å². The van der Waals surface area contributed by atoms with E-state index in [0.29, 0.717) is 17.1 Å². The van der Waals surface area contributed by atoms with Crippen LogP contribution in [0.4, 0.5) is 0 Å². The summed E-state index contributed by atoms with van der Waals surface area (Å²) >= 11 is 17.8. The largest absolute Gasteiger partial charge is 0.497 e. The Bertz CT molecular complexity index is 699. The lowest BCUT2D eigenvalue weighted by molar-refractivity contribution is 0.0833. The lowest BCUT2D eigenvalue weighted by Gasteiger charge is -2.26. The standard InChI is InChI=1S/C17H16Cl3NO3/c1-11-4-3-5-12(10-11)15(22)21-16(17(18,19)20)24-14-8-6-13(23-2)7-9-14/h3-10,16H,1-2H3,(H,21,22). The van der Waals surface area contributed by atoms with Crippen LogP contribution in [0.2, 0.25) is 0 Å². The molecule has 0 heterocycles. The van der Waals surface area contributed by atoms with E-state index >= 15 is 0 Å². The van der Waals surface area contributed by atoms with E-state index in [4.69, 9.17) is 44.3 Å². The molecule has 1 atom stereocenters. The zero-order valence-electron chi connectivity index (χ0n) is 13.1. The Labute approximate surface area is 155 Å². The summed E-state index contributed by atoms with van der Waals surface area (Å²) < 4.78 is 8.84. The maximum atomic E-state index is 12.4. The Hall–Kier alpha value is -1.62. The number of aryl methyl sites for hydroxylation is 1. The first-order chi connectivity index (χ1) is 11.3. The van der Waals surface area contributed by atoms with Gasteiger partial charge in [0.05, 0.1) is 7.11 Å². The van der Waals surface area contributed by atoms with E-state index in [1.165, 1.54) is 0 Å². The molecule has 0 aliphatic rings. The Balaban J connectivity index is 2.14. The first-order valence-corrected chi connectivity index (χ1v) is 8.18. The van der Waals surface area contributed by atoms with Crippen molar-refractivity contribution < 1.29 is 14.3 Å². The van der Waals surface area contributed by atoms with E-state index in [2.05, 4.69) is 5.32 Å². The lowest BCUT2D eigenvalue weighted by atomic mass is 10.1. The van der Waals surface area contributed by atoms with Crippen molar-refractivity contribution in [1.82, 2.24) is 5.32 Å². The van der Waals surface area contributed by atoms with Gasteiger partial charge in [0.2, 0.25) is 10.0 Å². The molecular weight excluding hydrogens is 373 g/mol. The molecule has 0 aliphatic heterocycles. The fraction of sp³-hybridized carbons (Fsp3) is 0.235. The third-order valence-corrected chi connectivity index (χ3v) is 3.75. The van der Waals surface area contributed by atoms with Crippen LogP contribution in [-0.2, 0) is 0 Å². The summed E-state index contributed by atoms with van der Waals surface area (Å²) in [4.78, 5) is 12.4. The highest BCUT2D eigenvalue weighted by Gasteiger charge is 2.36. The monoisotopic (exact) mass is 387 g/mol. The third kappa shape index (κ3) is 5.20. The van der Waals surface area contributed by atoms with Gasteiger partial charge in [-0.1, -0.05) is 52.5 Å². The average molecular weight is 389 g/mol.